The molecule has 0 bridgehead atoms. The van der Waals surface area contributed by atoms with Crippen LogP contribution in [0.15, 0.2) is 24.3 Å². The number of nitrogens with zero attached hydrogens (tertiary/aromatic N) is 1. The minimum absolute atomic E-state index is 0.0132. The second-order valence-electron chi connectivity index (χ2n) is 4.75. The summed E-state index contributed by atoms with van der Waals surface area (Å²) in [7, 11) is 0. The molecular formula is C14H17FN2O3. The Morgan fingerprint density at radius 2 is 2.30 bits per heavy atom. The van der Waals surface area contributed by atoms with Crippen molar-refractivity contribution in [1.82, 2.24) is 5.32 Å². The monoisotopic (exact) mass is 280 g/mol. The molecule has 0 saturated carbocycles. The van der Waals surface area contributed by atoms with E-state index in [1.54, 1.807) is 6.07 Å². The Morgan fingerprint density at radius 3 is 3.00 bits per heavy atom. The highest BCUT2D eigenvalue weighted by Crippen LogP contribution is 2.25. The number of anilines is 1. The van der Waals surface area contributed by atoms with Gasteiger partial charge in [-0.3, -0.25) is 9.59 Å². The Balaban J connectivity index is 1.98. The van der Waals surface area contributed by atoms with Crippen LogP contribution in [-0.2, 0) is 9.59 Å². The summed E-state index contributed by atoms with van der Waals surface area (Å²) < 4.78 is 13.2. The molecular weight excluding hydrogens is 263 g/mol. The van der Waals surface area contributed by atoms with Crippen LogP contribution < -0.4 is 10.2 Å². The van der Waals surface area contributed by atoms with Crippen molar-refractivity contribution in [1.29, 1.82) is 0 Å². The molecule has 6 heteroatoms. The van der Waals surface area contributed by atoms with Crippen molar-refractivity contribution in [3.05, 3.63) is 30.1 Å². The quantitative estimate of drug-likeness (QED) is 0.779. The Kier molecular flexibility index (Phi) is 4.68. The fourth-order valence-electron chi connectivity index (χ4n) is 2.21. The van der Waals surface area contributed by atoms with Gasteiger partial charge >= 0.3 is 0 Å². The summed E-state index contributed by atoms with van der Waals surface area (Å²) in [5, 5.41) is 11.3. The van der Waals surface area contributed by atoms with Crippen molar-refractivity contribution < 1.29 is 19.1 Å². The van der Waals surface area contributed by atoms with Crippen molar-refractivity contribution >= 4 is 17.5 Å². The predicted molar refractivity (Wildman–Crippen MR) is 71.6 cm³/mol. The number of carbonyl (C=O) groups excluding carboxylic acids is 2. The van der Waals surface area contributed by atoms with Gasteiger partial charge in [0.2, 0.25) is 11.8 Å². The first kappa shape index (κ1) is 14.5. The molecule has 1 atom stereocenters. The van der Waals surface area contributed by atoms with Crippen LogP contribution >= 0.6 is 0 Å². The third-order valence-corrected chi connectivity index (χ3v) is 3.25. The molecule has 1 fully saturated rings. The molecule has 1 aliphatic heterocycles. The molecule has 0 radical (unpaired) electrons. The van der Waals surface area contributed by atoms with Gasteiger partial charge in [-0.2, -0.15) is 0 Å². The molecule has 1 saturated heterocycles. The molecule has 1 aromatic rings. The summed E-state index contributed by atoms with van der Waals surface area (Å²) in [6, 6.07) is 5.77. The number of nitrogens with one attached hydrogen (secondary N) is 1. The largest absolute Gasteiger partial charge is 0.396 e. The van der Waals surface area contributed by atoms with Crippen LogP contribution in [0, 0.1) is 11.7 Å². The number of aliphatic hydroxyl groups is 1. The van der Waals surface area contributed by atoms with Crippen molar-refractivity contribution in [2.75, 3.05) is 24.6 Å². The third kappa shape index (κ3) is 3.33. The maximum atomic E-state index is 13.2. The molecule has 1 aromatic carbocycles. The van der Waals surface area contributed by atoms with Crippen molar-refractivity contribution in [3.63, 3.8) is 0 Å². The van der Waals surface area contributed by atoms with Gasteiger partial charge in [-0.25, -0.2) is 4.39 Å². The SMILES string of the molecule is O=C(NCCCO)C1CC(=O)N(c2cccc(F)c2)C1. The van der Waals surface area contributed by atoms with Gasteiger partial charge in [0.05, 0.1) is 5.92 Å². The summed E-state index contributed by atoms with van der Waals surface area (Å²) in [6.45, 7) is 0.659. The second-order valence-corrected chi connectivity index (χ2v) is 4.75. The van der Waals surface area contributed by atoms with E-state index in [2.05, 4.69) is 5.32 Å². The van der Waals surface area contributed by atoms with E-state index in [4.69, 9.17) is 5.11 Å². The van der Waals surface area contributed by atoms with Gasteiger partial charge < -0.3 is 15.3 Å². The number of carbonyl (C=O) groups is 2. The summed E-state index contributed by atoms with van der Waals surface area (Å²) in [5.41, 5.74) is 0.473. The first-order valence-electron chi connectivity index (χ1n) is 6.56. The first-order chi connectivity index (χ1) is 9.61. The number of amides is 2. The van der Waals surface area contributed by atoms with E-state index in [0.717, 1.165) is 0 Å². The Morgan fingerprint density at radius 1 is 1.50 bits per heavy atom. The van der Waals surface area contributed by atoms with Crippen molar-refractivity contribution in [2.24, 2.45) is 5.92 Å². The lowest BCUT2D eigenvalue weighted by Gasteiger charge is -2.16. The van der Waals surface area contributed by atoms with E-state index >= 15 is 0 Å². The molecule has 2 N–H and O–H groups in total. The van der Waals surface area contributed by atoms with E-state index < -0.39 is 11.7 Å². The highest BCUT2D eigenvalue weighted by molar-refractivity contribution is 6.00. The zero-order chi connectivity index (χ0) is 14.5. The molecule has 1 aliphatic rings. The van der Waals surface area contributed by atoms with Gasteiger partial charge in [-0.05, 0) is 24.6 Å². The molecule has 5 nitrogen and oxygen atoms in total. The molecule has 108 valence electrons. The number of benzene rings is 1. The highest BCUT2D eigenvalue weighted by Gasteiger charge is 2.34. The molecule has 1 unspecified atom stereocenters. The van der Waals surface area contributed by atoms with Gasteiger partial charge in [0, 0.05) is 31.8 Å². The summed E-state index contributed by atoms with van der Waals surface area (Å²) in [4.78, 5) is 25.2. The van der Waals surface area contributed by atoms with Gasteiger partial charge in [-0.15, -0.1) is 0 Å². The molecule has 20 heavy (non-hydrogen) atoms. The molecule has 1 heterocycles. The van der Waals surface area contributed by atoms with Gasteiger partial charge in [-0.1, -0.05) is 6.07 Å². The Bertz CT molecular complexity index is 507. The van der Waals surface area contributed by atoms with E-state index in [1.807, 2.05) is 0 Å². The molecule has 0 spiro atoms. The van der Waals surface area contributed by atoms with E-state index in [0.29, 0.717) is 18.7 Å². The van der Waals surface area contributed by atoms with Crippen LogP contribution in [0.3, 0.4) is 0 Å². The fourth-order valence-corrected chi connectivity index (χ4v) is 2.21. The smallest absolute Gasteiger partial charge is 0.227 e. The van der Waals surface area contributed by atoms with E-state index in [1.165, 1.54) is 23.1 Å². The Labute approximate surface area is 116 Å². The van der Waals surface area contributed by atoms with Crippen molar-refractivity contribution in [2.45, 2.75) is 12.8 Å². The van der Waals surface area contributed by atoms with Crippen molar-refractivity contribution in [3.8, 4) is 0 Å². The minimum Gasteiger partial charge on any atom is -0.396 e. The summed E-state index contributed by atoms with van der Waals surface area (Å²) >= 11 is 0. The summed E-state index contributed by atoms with van der Waals surface area (Å²) in [6.07, 6.45) is 0.613. The zero-order valence-electron chi connectivity index (χ0n) is 11.0. The molecule has 0 aromatic heterocycles. The molecule has 2 amide bonds. The van der Waals surface area contributed by atoms with Crippen LogP contribution in [0.4, 0.5) is 10.1 Å². The lowest BCUT2D eigenvalue weighted by Crippen LogP contribution is -2.33. The van der Waals surface area contributed by atoms with Crippen LogP contribution in [0.1, 0.15) is 12.8 Å². The van der Waals surface area contributed by atoms with Gasteiger partial charge in [0.1, 0.15) is 5.82 Å². The predicted octanol–water partition coefficient (Wildman–Crippen LogP) is 0.677. The maximum absolute atomic E-state index is 13.2. The minimum atomic E-state index is -0.426. The maximum Gasteiger partial charge on any atom is 0.227 e. The topological polar surface area (TPSA) is 69.6 Å². The summed E-state index contributed by atoms with van der Waals surface area (Å²) in [5.74, 6) is -1.22. The zero-order valence-corrected chi connectivity index (χ0v) is 11.0. The van der Waals surface area contributed by atoms with Gasteiger partial charge in [0.15, 0.2) is 0 Å². The Hall–Kier alpha value is -1.95. The van der Waals surface area contributed by atoms with E-state index in [9.17, 15) is 14.0 Å². The highest BCUT2D eigenvalue weighted by atomic mass is 19.1. The number of aliphatic hydroxyl groups excluding tert-OH is 1. The average molecular weight is 280 g/mol. The lowest BCUT2D eigenvalue weighted by molar-refractivity contribution is -0.126. The average Bonchev–Trinajstić information content (AvgIpc) is 2.81. The van der Waals surface area contributed by atoms with E-state index in [-0.39, 0.29) is 31.4 Å². The molecule has 2 rings (SSSR count). The third-order valence-electron chi connectivity index (χ3n) is 3.25. The van der Waals surface area contributed by atoms with Crippen LogP contribution in [0.2, 0.25) is 0 Å². The number of hydrogen-bond donors (Lipinski definition) is 2. The van der Waals surface area contributed by atoms with Crippen LogP contribution in [0.25, 0.3) is 0 Å². The van der Waals surface area contributed by atoms with Crippen LogP contribution in [0.5, 0.6) is 0 Å². The number of hydrogen-bond acceptors (Lipinski definition) is 3. The molecule has 0 aliphatic carbocycles. The fraction of sp³-hybridized carbons (Fsp3) is 0.429. The van der Waals surface area contributed by atoms with Gasteiger partial charge in [0.25, 0.3) is 0 Å². The number of rotatable bonds is 5. The van der Waals surface area contributed by atoms with Crippen LogP contribution in [-0.4, -0.2) is 36.6 Å². The standard InChI is InChI=1S/C14H17FN2O3/c15-11-3-1-4-12(8-11)17-9-10(7-13(17)19)14(20)16-5-2-6-18/h1,3-4,8,10,18H,2,5-7,9H2,(H,16,20). The number of halogens is 1. The normalized spacial score (nSPS) is 18.4. The lowest BCUT2D eigenvalue weighted by atomic mass is 10.1. The second kappa shape index (κ2) is 6.47. The first-order valence-corrected chi connectivity index (χ1v) is 6.56.